The highest BCUT2D eigenvalue weighted by atomic mass is 16.6. The standard InChI is InChI=1S/C6H12O5/c1-2-3(7)4(8)5(9)6(10)11-2/h2-10H,1H3/t2-,3+,4-,5+,6?/m0/s1. The Bertz CT molecular complexity index is 125. The highest BCUT2D eigenvalue weighted by Crippen LogP contribution is 2.18. The first kappa shape index (κ1) is 8.89. The van der Waals surface area contributed by atoms with Gasteiger partial charge in [0.2, 0.25) is 0 Å². The summed E-state index contributed by atoms with van der Waals surface area (Å²) in [5, 5.41) is 36.0. The Labute approximate surface area is 63.8 Å². The van der Waals surface area contributed by atoms with Crippen LogP contribution in [-0.4, -0.2) is 51.1 Å². The number of hydrogen-bond donors (Lipinski definition) is 4. The second-order valence-electron chi connectivity index (χ2n) is 2.70. The molecule has 0 saturated carbocycles. The van der Waals surface area contributed by atoms with E-state index in [9.17, 15) is 0 Å². The largest absolute Gasteiger partial charge is 0.388 e. The summed E-state index contributed by atoms with van der Waals surface area (Å²) < 4.78 is 4.68. The average Bonchev–Trinajstić information content (AvgIpc) is 1.97. The van der Waals surface area contributed by atoms with Gasteiger partial charge in [-0.3, -0.25) is 0 Å². The minimum absolute atomic E-state index is 0.664. The van der Waals surface area contributed by atoms with Crippen molar-refractivity contribution in [3.8, 4) is 0 Å². The molecule has 1 aliphatic heterocycles. The van der Waals surface area contributed by atoms with Crippen LogP contribution in [0, 0.1) is 0 Å². The molecule has 5 atom stereocenters. The van der Waals surface area contributed by atoms with Crippen molar-refractivity contribution in [2.45, 2.75) is 37.6 Å². The normalized spacial score (nSPS) is 52.6. The van der Waals surface area contributed by atoms with Crippen molar-refractivity contribution in [1.82, 2.24) is 0 Å². The van der Waals surface area contributed by atoms with Crippen LogP contribution in [0.15, 0.2) is 0 Å². The van der Waals surface area contributed by atoms with Crippen molar-refractivity contribution in [2.24, 2.45) is 0 Å². The van der Waals surface area contributed by atoms with Crippen molar-refractivity contribution in [3.05, 3.63) is 0 Å². The average molecular weight is 164 g/mol. The van der Waals surface area contributed by atoms with Crippen LogP contribution in [0.3, 0.4) is 0 Å². The number of rotatable bonds is 0. The van der Waals surface area contributed by atoms with Crippen molar-refractivity contribution in [1.29, 1.82) is 0 Å². The summed E-state index contributed by atoms with van der Waals surface area (Å²) in [4.78, 5) is 0. The fourth-order valence-electron chi connectivity index (χ4n) is 1.03. The third kappa shape index (κ3) is 1.52. The van der Waals surface area contributed by atoms with Crippen LogP contribution >= 0.6 is 0 Å². The summed E-state index contributed by atoms with van der Waals surface area (Å²) >= 11 is 0. The third-order valence-electron chi connectivity index (χ3n) is 1.83. The van der Waals surface area contributed by atoms with Crippen molar-refractivity contribution < 1.29 is 25.2 Å². The van der Waals surface area contributed by atoms with E-state index in [1.807, 2.05) is 0 Å². The van der Waals surface area contributed by atoms with E-state index in [1.165, 1.54) is 6.92 Å². The fourth-order valence-corrected chi connectivity index (χ4v) is 1.03. The third-order valence-corrected chi connectivity index (χ3v) is 1.83. The summed E-state index contributed by atoms with van der Waals surface area (Å²) in [5.41, 5.74) is 0. The molecule has 1 saturated heterocycles. The number of aliphatic hydroxyl groups excluding tert-OH is 4. The molecule has 0 aromatic rings. The number of aliphatic hydroxyl groups is 4. The zero-order valence-corrected chi connectivity index (χ0v) is 6.08. The van der Waals surface area contributed by atoms with Crippen molar-refractivity contribution >= 4 is 0 Å². The van der Waals surface area contributed by atoms with Crippen molar-refractivity contribution in [2.75, 3.05) is 0 Å². The van der Waals surface area contributed by atoms with Crippen LogP contribution in [0.2, 0.25) is 0 Å². The van der Waals surface area contributed by atoms with Crippen LogP contribution in [0.25, 0.3) is 0 Å². The molecule has 1 heterocycles. The molecule has 11 heavy (non-hydrogen) atoms. The predicted molar refractivity (Wildman–Crippen MR) is 34.6 cm³/mol. The van der Waals surface area contributed by atoms with E-state index in [4.69, 9.17) is 20.4 Å². The van der Waals surface area contributed by atoms with E-state index in [0.717, 1.165) is 0 Å². The molecule has 0 bridgehead atoms. The van der Waals surface area contributed by atoms with Gasteiger partial charge >= 0.3 is 0 Å². The smallest absolute Gasteiger partial charge is 0.183 e. The molecule has 1 fully saturated rings. The molecule has 1 aliphatic rings. The Morgan fingerprint density at radius 1 is 0.909 bits per heavy atom. The quantitative estimate of drug-likeness (QED) is 0.326. The van der Waals surface area contributed by atoms with E-state index in [-0.39, 0.29) is 0 Å². The van der Waals surface area contributed by atoms with Gasteiger partial charge in [-0.1, -0.05) is 0 Å². The highest BCUT2D eigenvalue weighted by Gasteiger charge is 2.40. The van der Waals surface area contributed by atoms with E-state index in [2.05, 4.69) is 4.74 Å². The lowest BCUT2D eigenvalue weighted by molar-refractivity contribution is -0.277. The van der Waals surface area contributed by atoms with Crippen LogP contribution in [0.4, 0.5) is 0 Å². The molecule has 0 aliphatic carbocycles. The van der Waals surface area contributed by atoms with E-state index in [0.29, 0.717) is 0 Å². The molecule has 5 nitrogen and oxygen atoms in total. The molecule has 0 aromatic heterocycles. The first-order valence-electron chi connectivity index (χ1n) is 3.41. The van der Waals surface area contributed by atoms with Gasteiger partial charge in [0.25, 0.3) is 0 Å². The molecule has 66 valence electrons. The maximum atomic E-state index is 9.09. The van der Waals surface area contributed by atoms with Gasteiger partial charge in [0.05, 0.1) is 6.10 Å². The summed E-state index contributed by atoms with van der Waals surface area (Å²) in [7, 11) is 0. The topological polar surface area (TPSA) is 90.2 Å². The monoisotopic (exact) mass is 164 g/mol. The summed E-state index contributed by atoms with van der Waals surface area (Å²) in [6.45, 7) is 1.50. The molecule has 5 heteroatoms. The molecule has 1 unspecified atom stereocenters. The van der Waals surface area contributed by atoms with Gasteiger partial charge in [0.15, 0.2) is 6.29 Å². The van der Waals surface area contributed by atoms with Crippen LogP contribution in [0.5, 0.6) is 0 Å². The van der Waals surface area contributed by atoms with Gasteiger partial charge in [-0.05, 0) is 6.92 Å². The molecule has 0 radical (unpaired) electrons. The summed E-state index contributed by atoms with van der Waals surface area (Å²) in [6, 6.07) is 0. The van der Waals surface area contributed by atoms with Gasteiger partial charge in [-0.25, -0.2) is 0 Å². The second kappa shape index (κ2) is 3.04. The second-order valence-corrected chi connectivity index (χ2v) is 2.70. The first-order valence-corrected chi connectivity index (χ1v) is 3.41. The Morgan fingerprint density at radius 2 is 1.45 bits per heavy atom. The lowest BCUT2D eigenvalue weighted by Crippen LogP contribution is -2.56. The lowest BCUT2D eigenvalue weighted by atomic mass is 10.0. The molecule has 0 amide bonds. The van der Waals surface area contributed by atoms with Gasteiger partial charge in [-0.15, -0.1) is 0 Å². The van der Waals surface area contributed by atoms with Crippen LogP contribution < -0.4 is 0 Å². The van der Waals surface area contributed by atoms with E-state index >= 15 is 0 Å². The van der Waals surface area contributed by atoms with E-state index in [1.54, 1.807) is 0 Å². The molecule has 0 spiro atoms. The van der Waals surface area contributed by atoms with Gasteiger partial charge < -0.3 is 25.2 Å². The number of ether oxygens (including phenoxy) is 1. The summed E-state index contributed by atoms with van der Waals surface area (Å²) in [5.74, 6) is 0. The Morgan fingerprint density at radius 3 is 2.00 bits per heavy atom. The van der Waals surface area contributed by atoms with Crippen molar-refractivity contribution in [3.63, 3.8) is 0 Å². The Hall–Kier alpha value is -0.200. The lowest BCUT2D eigenvalue weighted by Gasteiger charge is -2.36. The Kier molecular flexibility index (Phi) is 2.46. The molecular weight excluding hydrogens is 152 g/mol. The van der Waals surface area contributed by atoms with E-state index < -0.39 is 30.7 Å². The summed E-state index contributed by atoms with van der Waals surface area (Å²) in [6.07, 6.45) is -5.99. The van der Waals surface area contributed by atoms with Gasteiger partial charge in [0, 0.05) is 0 Å². The fraction of sp³-hybridized carbons (Fsp3) is 1.00. The molecule has 4 N–H and O–H groups in total. The maximum Gasteiger partial charge on any atom is 0.183 e. The number of hydrogen-bond acceptors (Lipinski definition) is 5. The molecular formula is C6H12O5. The maximum absolute atomic E-state index is 9.09. The zero-order chi connectivity index (χ0) is 8.59. The molecule has 1 rings (SSSR count). The molecule has 0 aromatic carbocycles. The SMILES string of the molecule is C[C@@H]1OC(O)[C@H](O)[C@@H](O)[C@@H]1O. The van der Waals surface area contributed by atoms with Crippen LogP contribution in [0.1, 0.15) is 6.92 Å². The highest BCUT2D eigenvalue weighted by molar-refractivity contribution is 4.86. The Balaban J connectivity index is 2.63. The minimum Gasteiger partial charge on any atom is -0.388 e. The van der Waals surface area contributed by atoms with Crippen LogP contribution in [-0.2, 0) is 4.74 Å². The first-order chi connectivity index (χ1) is 5.04. The van der Waals surface area contributed by atoms with Gasteiger partial charge in [-0.2, -0.15) is 0 Å². The zero-order valence-electron chi connectivity index (χ0n) is 6.08. The minimum atomic E-state index is -1.43. The predicted octanol–water partition coefficient (Wildman–Crippen LogP) is -2.19. The van der Waals surface area contributed by atoms with Gasteiger partial charge in [0.1, 0.15) is 18.3 Å².